The average Bonchev–Trinajstić information content (AvgIpc) is 2.83. The average molecular weight is 366 g/mol. The van der Waals surface area contributed by atoms with Gasteiger partial charge in [-0.3, -0.25) is 5.84 Å². The van der Waals surface area contributed by atoms with Crippen molar-refractivity contribution in [2.75, 3.05) is 0 Å². The Hall–Kier alpha value is -1.33. The Morgan fingerprint density at radius 1 is 1.24 bits per heavy atom. The summed E-state index contributed by atoms with van der Waals surface area (Å²) in [6.07, 6.45) is 0. The van der Waals surface area contributed by atoms with E-state index in [-0.39, 0.29) is 6.04 Å². The summed E-state index contributed by atoms with van der Waals surface area (Å²) in [6, 6.07) is 13.5. The highest BCUT2D eigenvalue weighted by atomic mass is 79.9. The van der Waals surface area contributed by atoms with Crippen LogP contribution in [0, 0.1) is 6.92 Å². The molecule has 0 aliphatic heterocycles. The lowest BCUT2D eigenvalue weighted by Crippen LogP contribution is -2.28. The molecule has 0 bridgehead atoms. The van der Waals surface area contributed by atoms with Crippen molar-refractivity contribution in [2.45, 2.75) is 13.0 Å². The van der Waals surface area contributed by atoms with Crippen LogP contribution >= 0.6 is 27.5 Å². The van der Waals surface area contributed by atoms with Crippen molar-refractivity contribution in [2.24, 2.45) is 5.84 Å². The van der Waals surface area contributed by atoms with Gasteiger partial charge in [0.1, 0.15) is 11.8 Å². The van der Waals surface area contributed by atoms with Crippen molar-refractivity contribution in [1.29, 1.82) is 0 Å². The van der Waals surface area contributed by atoms with Crippen LogP contribution in [0.4, 0.5) is 0 Å². The van der Waals surface area contributed by atoms with Gasteiger partial charge in [0.05, 0.1) is 5.02 Å². The maximum atomic E-state index is 6.16. The van der Waals surface area contributed by atoms with Crippen LogP contribution in [0.1, 0.15) is 22.9 Å². The van der Waals surface area contributed by atoms with E-state index >= 15 is 0 Å². The van der Waals surface area contributed by atoms with Crippen LogP contribution in [0.5, 0.6) is 0 Å². The van der Waals surface area contributed by atoms with Crippen molar-refractivity contribution in [3.63, 3.8) is 0 Å². The first kappa shape index (κ1) is 14.6. The molecule has 0 spiro atoms. The number of hydrogen-bond donors (Lipinski definition) is 2. The van der Waals surface area contributed by atoms with Gasteiger partial charge < -0.3 is 4.42 Å². The molecule has 0 fully saturated rings. The van der Waals surface area contributed by atoms with Crippen molar-refractivity contribution >= 4 is 38.5 Å². The van der Waals surface area contributed by atoms with E-state index in [4.69, 9.17) is 21.9 Å². The second kappa shape index (κ2) is 5.81. The Morgan fingerprint density at radius 3 is 2.71 bits per heavy atom. The lowest BCUT2D eigenvalue weighted by molar-refractivity contribution is 0.477. The fourth-order valence-electron chi connectivity index (χ4n) is 2.46. The third kappa shape index (κ3) is 2.85. The van der Waals surface area contributed by atoms with Crippen molar-refractivity contribution in [3.05, 3.63) is 68.8 Å². The summed E-state index contributed by atoms with van der Waals surface area (Å²) in [5.41, 5.74) is 5.67. The zero-order valence-electron chi connectivity index (χ0n) is 11.4. The molecule has 21 heavy (non-hydrogen) atoms. The number of halogens is 2. The number of hydrazine groups is 1. The zero-order valence-corrected chi connectivity index (χ0v) is 13.7. The van der Waals surface area contributed by atoms with Gasteiger partial charge in [-0.25, -0.2) is 5.43 Å². The van der Waals surface area contributed by atoms with E-state index in [0.29, 0.717) is 10.6 Å². The van der Waals surface area contributed by atoms with Crippen LogP contribution in [0.25, 0.3) is 11.0 Å². The van der Waals surface area contributed by atoms with Gasteiger partial charge in [0.15, 0.2) is 5.58 Å². The van der Waals surface area contributed by atoms with Gasteiger partial charge in [-0.2, -0.15) is 0 Å². The summed E-state index contributed by atoms with van der Waals surface area (Å²) in [5, 5.41) is 1.56. The molecule has 2 aromatic carbocycles. The topological polar surface area (TPSA) is 51.2 Å². The Morgan fingerprint density at radius 2 is 2.05 bits per heavy atom. The SMILES string of the molecule is Cc1cc(Br)cc(C(NN)c2cc3cccc(Cl)c3o2)c1. The van der Waals surface area contributed by atoms with E-state index < -0.39 is 0 Å². The molecule has 5 heteroatoms. The van der Waals surface area contributed by atoms with Crippen LogP contribution in [-0.4, -0.2) is 0 Å². The summed E-state index contributed by atoms with van der Waals surface area (Å²) < 4.78 is 6.90. The molecule has 0 amide bonds. The lowest BCUT2D eigenvalue weighted by atomic mass is 10.0. The Bertz CT molecular complexity index is 780. The minimum absolute atomic E-state index is 0.232. The number of aryl methyl sites for hydroxylation is 1. The fourth-order valence-corrected chi connectivity index (χ4v) is 3.31. The number of furan rings is 1. The molecular weight excluding hydrogens is 352 g/mol. The van der Waals surface area contributed by atoms with E-state index in [1.54, 1.807) is 0 Å². The number of hydrogen-bond acceptors (Lipinski definition) is 3. The molecule has 0 aliphatic rings. The summed E-state index contributed by atoms with van der Waals surface area (Å²) in [6.45, 7) is 2.04. The highest BCUT2D eigenvalue weighted by Gasteiger charge is 2.18. The quantitative estimate of drug-likeness (QED) is 0.522. The van der Waals surface area contributed by atoms with E-state index in [9.17, 15) is 0 Å². The normalized spacial score (nSPS) is 12.8. The number of rotatable bonds is 3. The van der Waals surface area contributed by atoms with Crippen molar-refractivity contribution < 1.29 is 4.42 Å². The zero-order chi connectivity index (χ0) is 15.0. The minimum atomic E-state index is -0.232. The summed E-state index contributed by atoms with van der Waals surface area (Å²) in [4.78, 5) is 0. The molecular formula is C16H14BrClN2O. The predicted molar refractivity (Wildman–Crippen MR) is 89.3 cm³/mol. The first-order valence-corrected chi connectivity index (χ1v) is 7.67. The van der Waals surface area contributed by atoms with Gasteiger partial charge >= 0.3 is 0 Å². The molecule has 3 aromatic rings. The number of nitrogens with one attached hydrogen (secondary N) is 1. The van der Waals surface area contributed by atoms with Crippen molar-refractivity contribution in [1.82, 2.24) is 5.43 Å². The molecule has 0 aliphatic carbocycles. The molecule has 0 radical (unpaired) electrons. The molecule has 3 nitrogen and oxygen atoms in total. The maximum Gasteiger partial charge on any atom is 0.152 e. The van der Waals surface area contributed by atoms with Gasteiger partial charge in [0.25, 0.3) is 0 Å². The standard InChI is InChI=1S/C16H14BrClN2O/c1-9-5-11(7-12(17)6-9)15(20-19)14-8-10-3-2-4-13(18)16(10)21-14/h2-8,15,20H,19H2,1H3. The van der Waals surface area contributed by atoms with E-state index in [1.807, 2.05) is 43.3 Å². The third-order valence-corrected chi connectivity index (χ3v) is 4.12. The Balaban J connectivity index is 2.11. The molecule has 108 valence electrons. The maximum absolute atomic E-state index is 6.16. The van der Waals surface area contributed by atoms with Crippen LogP contribution in [0.15, 0.2) is 51.4 Å². The minimum Gasteiger partial charge on any atom is -0.457 e. The second-order valence-electron chi connectivity index (χ2n) is 4.97. The molecule has 1 aromatic heterocycles. The fraction of sp³-hybridized carbons (Fsp3) is 0.125. The third-order valence-electron chi connectivity index (χ3n) is 3.36. The summed E-state index contributed by atoms with van der Waals surface area (Å²) in [7, 11) is 0. The monoisotopic (exact) mass is 364 g/mol. The number of fused-ring (bicyclic) bond motifs is 1. The van der Waals surface area contributed by atoms with Gasteiger partial charge in [-0.05, 0) is 42.3 Å². The second-order valence-corrected chi connectivity index (χ2v) is 6.29. The predicted octanol–water partition coefficient (Wildman–Crippen LogP) is 4.71. The number of benzene rings is 2. The molecule has 1 heterocycles. The van der Waals surface area contributed by atoms with E-state index in [1.165, 1.54) is 0 Å². The highest BCUT2D eigenvalue weighted by Crippen LogP contribution is 2.32. The van der Waals surface area contributed by atoms with Crippen LogP contribution in [0.3, 0.4) is 0 Å². The highest BCUT2D eigenvalue weighted by molar-refractivity contribution is 9.10. The van der Waals surface area contributed by atoms with E-state index in [0.717, 1.165) is 26.7 Å². The molecule has 3 rings (SSSR count). The van der Waals surface area contributed by atoms with E-state index in [2.05, 4.69) is 27.4 Å². The van der Waals surface area contributed by atoms with Gasteiger partial charge in [0, 0.05) is 9.86 Å². The molecule has 1 atom stereocenters. The van der Waals surface area contributed by atoms with Crippen molar-refractivity contribution in [3.8, 4) is 0 Å². The molecule has 0 saturated heterocycles. The lowest BCUT2D eigenvalue weighted by Gasteiger charge is -2.15. The Labute approximate surface area is 136 Å². The first-order chi connectivity index (χ1) is 10.1. The number of nitrogens with two attached hydrogens (primary N) is 1. The molecule has 3 N–H and O–H groups in total. The summed E-state index contributed by atoms with van der Waals surface area (Å²) >= 11 is 9.67. The smallest absolute Gasteiger partial charge is 0.152 e. The molecule has 1 unspecified atom stereocenters. The van der Waals surface area contributed by atoms with Gasteiger partial charge in [0.2, 0.25) is 0 Å². The van der Waals surface area contributed by atoms with Gasteiger partial charge in [-0.15, -0.1) is 0 Å². The first-order valence-electron chi connectivity index (χ1n) is 6.49. The van der Waals surface area contributed by atoms with Gasteiger partial charge in [-0.1, -0.05) is 45.7 Å². The molecule has 0 saturated carbocycles. The van der Waals surface area contributed by atoms with Crippen LogP contribution in [0.2, 0.25) is 5.02 Å². The Kier molecular flexibility index (Phi) is 4.04. The summed E-state index contributed by atoms with van der Waals surface area (Å²) in [5.74, 6) is 6.47. The number of para-hydroxylation sites is 1. The van der Waals surface area contributed by atoms with Crippen LogP contribution in [-0.2, 0) is 0 Å². The largest absolute Gasteiger partial charge is 0.457 e. The van der Waals surface area contributed by atoms with Crippen LogP contribution < -0.4 is 11.3 Å².